The summed E-state index contributed by atoms with van der Waals surface area (Å²) >= 11 is 0. The van der Waals surface area contributed by atoms with E-state index in [2.05, 4.69) is 215 Å². The summed E-state index contributed by atoms with van der Waals surface area (Å²) in [6.45, 7) is 15.6. The van der Waals surface area contributed by atoms with Gasteiger partial charge in [-0.1, -0.05) is 188 Å². The zero-order valence-electron chi connectivity index (χ0n) is 36.7. The van der Waals surface area contributed by atoms with Crippen LogP contribution in [-0.4, -0.2) is 0 Å². The number of nitrogens with zero attached hydrogens (tertiary/aromatic N) is 1. The molecule has 3 aliphatic rings. The number of hydrogen-bond acceptors (Lipinski definition) is 1. The fraction of sp³-hybridized carbons (Fsp3) is 0.186. The average molecular weight is 775 g/mol. The van der Waals surface area contributed by atoms with Crippen molar-refractivity contribution >= 4 is 17.1 Å². The first kappa shape index (κ1) is 35.5. The Labute approximate surface area is 357 Å². The summed E-state index contributed by atoms with van der Waals surface area (Å²) in [5.41, 5.74) is 23.4. The first-order valence-electron chi connectivity index (χ1n) is 22.0. The molecular formula is C59H51N. The molecule has 0 N–H and O–H groups in total. The lowest BCUT2D eigenvalue weighted by Gasteiger charge is -2.33. The van der Waals surface area contributed by atoms with Crippen molar-refractivity contribution < 1.29 is 1.37 Å². The maximum atomic E-state index is 8.70. The monoisotopic (exact) mass is 774 g/mol. The Balaban J connectivity index is 1.15. The van der Waals surface area contributed by atoms with E-state index in [1.165, 1.54) is 72.3 Å². The normalized spacial score (nSPS) is 16.7. The third-order valence-corrected chi connectivity index (χ3v) is 13.9. The predicted octanol–water partition coefficient (Wildman–Crippen LogP) is 15.9. The molecule has 8 aromatic carbocycles. The summed E-state index contributed by atoms with van der Waals surface area (Å²) in [6, 6.07) is 66.2. The molecule has 11 rings (SSSR count). The molecular weight excluding hydrogens is 723 g/mol. The van der Waals surface area contributed by atoms with Gasteiger partial charge >= 0.3 is 0 Å². The molecule has 1 heteroatoms. The van der Waals surface area contributed by atoms with Gasteiger partial charge in [-0.05, 0) is 137 Å². The highest BCUT2D eigenvalue weighted by molar-refractivity contribution is 5.97. The van der Waals surface area contributed by atoms with Gasteiger partial charge < -0.3 is 4.90 Å². The highest BCUT2D eigenvalue weighted by Gasteiger charge is 2.52. The van der Waals surface area contributed by atoms with E-state index in [0.29, 0.717) is 0 Å². The van der Waals surface area contributed by atoms with Crippen LogP contribution < -0.4 is 4.90 Å². The van der Waals surface area contributed by atoms with Gasteiger partial charge in [0, 0.05) is 23.8 Å². The summed E-state index contributed by atoms with van der Waals surface area (Å²) in [6.07, 6.45) is 0. The van der Waals surface area contributed by atoms with Gasteiger partial charge in [0.05, 0.1) is 5.41 Å². The lowest BCUT2D eigenvalue weighted by atomic mass is 9.69. The number of anilines is 3. The minimum Gasteiger partial charge on any atom is -0.310 e. The van der Waals surface area contributed by atoms with E-state index in [1.807, 2.05) is 13.8 Å². The molecule has 0 saturated carbocycles. The Kier molecular flexibility index (Phi) is 7.71. The van der Waals surface area contributed by atoms with E-state index in [1.54, 1.807) is 0 Å². The Morgan fingerprint density at radius 1 is 0.433 bits per heavy atom. The Hall–Kier alpha value is -6.44. The molecule has 60 heavy (non-hydrogen) atoms. The fourth-order valence-electron chi connectivity index (χ4n) is 10.8. The summed E-state index contributed by atoms with van der Waals surface area (Å²) in [4.78, 5) is 2.46. The second-order valence-electron chi connectivity index (χ2n) is 18.9. The molecule has 3 aliphatic carbocycles. The number of benzene rings is 8. The van der Waals surface area contributed by atoms with Gasteiger partial charge in [0.2, 0.25) is 0 Å². The van der Waals surface area contributed by atoms with Crippen molar-refractivity contribution in [2.24, 2.45) is 0 Å². The number of hydrogen-bond donors (Lipinski definition) is 0. The van der Waals surface area contributed by atoms with Gasteiger partial charge in [0.1, 0.15) is 0 Å². The van der Waals surface area contributed by atoms with E-state index >= 15 is 0 Å². The van der Waals surface area contributed by atoms with Crippen LogP contribution in [0.1, 0.15) is 100 Å². The van der Waals surface area contributed by atoms with Gasteiger partial charge in [-0.25, -0.2) is 0 Å². The fourth-order valence-corrected chi connectivity index (χ4v) is 10.8. The molecule has 1 spiro atoms. The molecule has 1 atom stereocenters. The lowest BCUT2D eigenvalue weighted by molar-refractivity contribution is 0.588. The lowest BCUT2D eigenvalue weighted by Crippen LogP contribution is -2.27. The summed E-state index contributed by atoms with van der Waals surface area (Å²) in [5, 5.41) is 0. The van der Waals surface area contributed by atoms with Crippen LogP contribution in [0.25, 0.3) is 44.5 Å². The average Bonchev–Trinajstić information content (AvgIpc) is 3.81. The molecule has 0 saturated heterocycles. The second-order valence-corrected chi connectivity index (χ2v) is 18.9. The minimum atomic E-state index is -0.674. The molecule has 0 aromatic heterocycles. The summed E-state index contributed by atoms with van der Waals surface area (Å²) in [7, 11) is 0. The Morgan fingerprint density at radius 2 is 0.950 bits per heavy atom. The van der Waals surface area contributed by atoms with Gasteiger partial charge in [-0.3, -0.25) is 0 Å². The van der Waals surface area contributed by atoms with Crippen molar-refractivity contribution in [2.75, 3.05) is 4.90 Å². The molecule has 1 nitrogen and oxygen atoms in total. The highest BCUT2D eigenvalue weighted by Crippen LogP contribution is 2.64. The first-order valence-corrected chi connectivity index (χ1v) is 21.5. The van der Waals surface area contributed by atoms with Crippen LogP contribution in [0.2, 0.25) is 0 Å². The van der Waals surface area contributed by atoms with E-state index in [0.717, 1.165) is 33.8 Å². The van der Waals surface area contributed by atoms with Crippen LogP contribution in [0, 0.1) is 0 Å². The third kappa shape index (κ3) is 5.18. The van der Waals surface area contributed by atoms with Crippen molar-refractivity contribution in [3.8, 4) is 44.5 Å². The molecule has 0 aliphatic heterocycles. The van der Waals surface area contributed by atoms with Crippen LogP contribution >= 0.6 is 0 Å². The molecule has 0 fully saturated rings. The molecule has 0 bridgehead atoms. The van der Waals surface area contributed by atoms with E-state index < -0.39 is 11.3 Å². The number of fused-ring (bicyclic) bond motifs is 13. The van der Waals surface area contributed by atoms with Crippen molar-refractivity contribution in [3.05, 3.63) is 220 Å². The Bertz CT molecular complexity index is 3070. The smallest absolute Gasteiger partial charge is 0.0726 e. The molecule has 0 heterocycles. The highest BCUT2D eigenvalue weighted by atomic mass is 15.1. The molecule has 0 amide bonds. The van der Waals surface area contributed by atoms with Gasteiger partial charge in [-0.2, -0.15) is 0 Å². The van der Waals surface area contributed by atoms with Gasteiger partial charge in [-0.15, -0.1) is 0 Å². The van der Waals surface area contributed by atoms with Crippen molar-refractivity contribution in [2.45, 2.75) is 70.6 Å². The second kappa shape index (κ2) is 13.0. The largest absolute Gasteiger partial charge is 0.310 e. The summed E-state index contributed by atoms with van der Waals surface area (Å²) in [5.74, 6) is -0.674. The summed E-state index contributed by atoms with van der Waals surface area (Å²) < 4.78 is 8.70. The maximum absolute atomic E-state index is 8.70. The van der Waals surface area contributed by atoms with Gasteiger partial charge in [0.15, 0.2) is 0 Å². The van der Waals surface area contributed by atoms with Crippen molar-refractivity contribution in [3.63, 3.8) is 0 Å². The van der Waals surface area contributed by atoms with Crippen LogP contribution in [-0.2, 0) is 16.2 Å². The quantitative estimate of drug-likeness (QED) is 0.168. The zero-order valence-corrected chi connectivity index (χ0v) is 35.7. The van der Waals surface area contributed by atoms with Crippen LogP contribution in [0.5, 0.6) is 0 Å². The van der Waals surface area contributed by atoms with Crippen LogP contribution in [0.15, 0.2) is 176 Å². The van der Waals surface area contributed by atoms with Crippen molar-refractivity contribution in [1.29, 1.82) is 0 Å². The first-order chi connectivity index (χ1) is 29.3. The minimum absolute atomic E-state index is 0.00373. The molecule has 0 radical (unpaired) electrons. The van der Waals surface area contributed by atoms with Gasteiger partial charge in [0.25, 0.3) is 0 Å². The Morgan fingerprint density at radius 3 is 1.60 bits per heavy atom. The van der Waals surface area contributed by atoms with Crippen molar-refractivity contribution in [1.82, 2.24) is 0 Å². The molecule has 292 valence electrons. The molecule has 8 aromatic rings. The maximum Gasteiger partial charge on any atom is 0.0726 e. The molecule has 1 unspecified atom stereocenters. The zero-order chi connectivity index (χ0) is 42.1. The standard InChI is InChI=1S/C59H51N/c1-37(2)39-15-14-16-40(33-39)38-23-26-42(27-24-38)60(43-29-32-52-50(35-43)47-19-8-11-20-51(47)58(52,6)7)44-28-31-49-46-18-10-13-22-54(46)59(56(49)36-44)53-21-12-9-17-45(53)48-30-25-41(34-55(48)59)57(3,4)5/h8-37H,1-7H3/i37D. The third-order valence-electron chi connectivity index (χ3n) is 13.9. The van der Waals surface area contributed by atoms with E-state index in [4.69, 9.17) is 1.37 Å². The van der Waals surface area contributed by atoms with Crippen LogP contribution in [0.4, 0.5) is 17.1 Å². The van der Waals surface area contributed by atoms with E-state index in [9.17, 15) is 0 Å². The van der Waals surface area contributed by atoms with E-state index in [-0.39, 0.29) is 10.8 Å². The number of rotatable bonds is 5. The SMILES string of the molecule is [2H]C(C)(C)c1cccc(-c2ccc(N(c3ccc4c(c3)-c3ccccc3C4(C)C)c3ccc4c(c3)C3(c5ccccc5-4)c4ccccc4-c4ccc(C(C)(C)C)cc43)cc2)c1. The topological polar surface area (TPSA) is 3.24 Å². The van der Waals surface area contributed by atoms with Crippen LogP contribution in [0.3, 0.4) is 0 Å². The predicted molar refractivity (Wildman–Crippen MR) is 253 cm³/mol.